The van der Waals surface area contributed by atoms with Gasteiger partial charge in [0.15, 0.2) is 0 Å². The van der Waals surface area contributed by atoms with Crippen molar-refractivity contribution in [3.05, 3.63) is 71.3 Å². The zero-order valence-corrected chi connectivity index (χ0v) is 14.6. The number of benzene rings is 2. The molecule has 1 atom stereocenters. The van der Waals surface area contributed by atoms with Crippen LogP contribution in [0.1, 0.15) is 16.7 Å². The van der Waals surface area contributed by atoms with Crippen LogP contribution in [0, 0.1) is 5.41 Å². The number of hydrogen-bond donors (Lipinski definition) is 4. The van der Waals surface area contributed by atoms with Crippen LogP contribution in [0.2, 0.25) is 0 Å². The van der Waals surface area contributed by atoms with Gasteiger partial charge >= 0.3 is 6.09 Å². The van der Waals surface area contributed by atoms with Gasteiger partial charge in [0.25, 0.3) is 0 Å². The highest BCUT2D eigenvalue weighted by atomic mass is 19.1. The first-order valence-corrected chi connectivity index (χ1v) is 8.24. The van der Waals surface area contributed by atoms with E-state index >= 15 is 0 Å². The van der Waals surface area contributed by atoms with E-state index in [-0.39, 0.29) is 18.9 Å². The molecule has 2 amide bonds. The molecule has 0 heterocycles. The van der Waals surface area contributed by atoms with Gasteiger partial charge in [-0.1, -0.05) is 54.6 Å². The standard InChI is InChI=1S/C19H21FN4O3/c20-10-16(21)18(25)23-11-13-6-8-15(9-7-13)17(22)24(19(26)27)12-14-4-2-1-3-5-14/h1-9,16,22H,10-12,21H2,(H,23,25)(H,26,27). The molecule has 2 aromatic carbocycles. The molecule has 5 N–H and O–H groups in total. The topological polar surface area (TPSA) is 120 Å². The Morgan fingerprint density at radius 1 is 1.11 bits per heavy atom. The summed E-state index contributed by atoms with van der Waals surface area (Å²) in [5.41, 5.74) is 7.20. The molecule has 1 unspecified atom stereocenters. The van der Waals surface area contributed by atoms with Gasteiger partial charge < -0.3 is 16.2 Å². The van der Waals surface area contributed by atoms with Crippen LogP contribution in [0.5, 0.6) is 0 Å². The van der Waals surface area contributed by atoms with E-state index in [1.165, 1.54) is 0 Å². The van der Waals surface area contributed by atoms with Gasteiger partial charge in [0.2, 0.25) is 5.91 Å². The average molecular weight is 372 g/mol. The Morgan fingerprint density at radius 2 is 1.74 bits per heavy atom. The van der Waals surface area contributed by atoms with Gasteiger partial charge in [-0.15, -0.1) is 0 Å². The molecule has 0 aliphatic rings. The minimum Gasteiger partial charge on any atom is -0.465 e. The van der Waals surface area contributed by atoms with Crippen LogP contribution in [0.25, 0.3) is 0 Å². The fourth-order valence-corrected chi connectivity index (χ4v) is 2.33. The number of nitrogens with zero attached hydrogens (tertiary/aromatic N) is 1. The van der Waals surface area contributed by atoms with E-state index in [0.717, 1.165) is 16.0 Å². The van der Waals surface area contributed by atoms with Crippen molar-refractivity contribution in [2.24, 2.45) is 5.73 Å². The Balaban J connectivity index is 2.04. The number of carbonyl (C=O) groups is 2. The van der Waals surface area contributed by atoms with Crippen LogP contribution in [0.15, 0.2) is 54.6 Å². The third-order valence-corrected chi connectivity index (χ3v) is 3.88. The fourth-order valence-electron chi connectivity index (χ4n) is 2.33. The highest BCUT2D eigenvalue weighted by Gasteiger charge is 2.19. The Morgan fingerprint density at radius 3 is 2.30 bits per heavy atom. The van der Waals surface area contributed by atoms with Crippen molar-refractivity contribution in [1.82, 2.24) is 10.2 Å². The zero-order chi connectivity index (χ0) is 19.8. The maximum absolute atomic E-state index is 12.3. The summed E-state index contributed by atoms with van der Waals surface area (Å²) in [4.78, 5) is 24.0. The second kappa shape index (κ2) is 9.44. The van der Waals surface area contributed by atoms with Gasteiger partial charge in [-0.25, -0.2) is 9.18 Å². The quantitative estimate of drug-likeness (QED) is 0.439. The maximum atomic E-state index is 12.3. The van der Waals surface area contributed by atoms with Crippen LogP contribution in [0.4, 0.5) is 9.18 Å². The Bertz CT molecular complexity index is 796. The number of amidine groups is 1. The number of halogens is 1. The van der Waals surface area contributed by atoms with Gasteiger partial charge in [0.05, 0.1) is 6.54 Å². The monoisotopic (exact) mass is 372 g/mol. The number of nitrogens with two attached hydrogens (primary N) is 1. The van der Waals surface area contributed by atoms with Gasteiger partial charge in [-0.05, 0) is 11.1 Å². The van der Waals surface area contributed by atoms with Crippen molar-refractivity contribution in [1.29, 1.82) is 5.41 Å². The van der Waals surface area contributed by atoms with Crippen molar-refractivity contribution in [3.8, 4) is 0 Å². The second-order valence-corrected chi connectivity index (χ2v) is 5.88. The number of hydrogen-bond acceptors (Lipinski definition) is 4. The highest BCUT2D eigenvalue weighted by Crippen LogP contribution is 2.12. The molecule has 8 heteroatoms. The van der Waals surface area contributed by atoms with Crippen molar-refractivity contribution in [2.75, 3.05) is 6.67 Å². The molecular weight excluding hydrogens is 351 g/mol. The molecule has 0 saturated carbocycles. The summed E-state index contributed by atoms with van der Waals surface area (Å²) in [6, 6.07) is 14.3. The fraction of sp³-hybridized carbons (Fsp3) is 0.211. The smallest absolute Gasteiger partial charge is 0.413 e. The van der Waals surface area contributed by atoms with Gasteiger partial charge in [0, 0.05) is 12.1 Å². The van der Waals surface area contributed by atoms with E-state index in [4.69, 9.17) is 11.1 Å². The molecule has 0 saturated heterocycles. The molecule has 0 bridgehead atoms. The van der Waals surface area contributed by atoms with E-state index in [2.05, 4.69) is 5.32 Å². The van der Waals surface area contributed by atoms with Crippen LogP contribution < -0.4 is 11.1 Å². The third-order valence-electron chi connectivity index (χ3n) is 3.88. The van der Waals surface area contributed by atoms with E-state index < -0.39 is 24.7 Å². The number of alkyl halides is 1. The van der Waals surface area contributed by atoms with Crippen LogP contribution >= 0.6 is 0 Å². The van der Waals surface area contributed by atoms with E-state index in [1.54, 1.807) is 48.5 Å². The van der Waals surface area contributed by atoms with Crippen LogP contribution in [-0.4, -0.2) is 40.6 Å². The Hall–Kier alpha value is -3.26. The lowest BCUT2D eigenvalue weighted by atomic mass is 10.1. The Labute approximate surface area is 156 Å². The molecular formula is C19H21FN4O3. The van der Waals surface area contributed by atoms with Gasteiger partial charge in [0.1, 0.15) is 18.6 Å². The van der Waals surface area contributed by atoms with Crippen molar-refractivity contribution >= 4 is 17.8 Å². The number of rotatable bonds is 7. The summed E-state index contributed by atoms with van der Waals surface area (Å²) in [5.74, 6) is -0.740. The highest BCUT2D eigenvalue weighted by molar-refractivity contribution is 6.04. The van der Waals surface area contributed by atoms with E-state index in [9.17, 15) is 19.1 Å². The predicted molar refractivity (Wildman–Crippen MR) is 99.1 cm³/mol. The summed E-state index contributed by atoms with van der Waals surface area (Å²) >= 11 is 0. The second-order valence-electron chi connectivity index (χ2n) is 5.88. The number of carbonyl (C=O) groups excluding carboxylic acids is 1. The third kappa shape index (κ3) is 5.61. The molecule has 0 aromatic heterocycles. The Kier molecular flexibility index (Phi) is 7.01. The summed E-state index contributed by atoms with van der Waals surface area (Å²) in [6.07, 6.45) is -1.22. The SMILES string of the molecule is N=C(c1ccc(CNC(=O)C(N)CF)cc1)N(Cc1ccccc1)C(=O)O. The lowest BCUT2D eigenvalue weighted by Gasteiger charge is -2.20. The van der Waals surface area contributed by atoms with E-state index in [0.29, 0.717) is 5.56 Å². The van der Waals surface area contributed by atoms with Crippen LogP contribution in [0.3, 0.4) is 0 Å². The first kappa shape index (κ1) is 20.1. The molecule has 2 rings (SSSR count). The molecule has 142 valence electrons. The molecule has 7 nitrogen and oxygen atoms in total. The minimum absolute atomic E-state index is 0.0634. The molecule has 0 radical (unpaired) electrons. The number of carboxylic acid groups (broad SMARTS) is 1. The van der Waals surface area contributed by atoms with E-state index in [1.807, 2.05) is 6.07 Å². The summed E-state index contributed by atoms with van der Waals surface area (Å²) < 4.78 is 12.3. The van der Waals surface area contributed by atoms with Crippen molar-refractivity contribution < 1.29 is 19.1 Å². The largest absolute Gasteiger partial charge is 0.465 e. The summed E-state index contributed by atoms with van der Waals surface area (Å²) in [6.45, 7) is -0.713. The molecule has 27 heavy (non-hydrogen) atoms. The van der Waals surface area contributed by atoms with Crippen LogP contribution in [-0.2, 0) is 17.9 Å². The number of nitrogens with one attached hydrogen (secondary N) is 2. The summed E-state index contributed by atoms with van der Waals surface area (Å²) in [5, 5.41) is 20.2. The first-order chi connectivity index (χ1) is 12.9. The average Bonchev–Trinajstić information content (AvgIpc) is 2.70. The molecule has 0 aliphatic carbocycles. The maximum Gasteiger partial charge on any atom is 0.413 e. The molecule has 0 aliphatic heterocycles. The van der Waals surface area contributed by atoms with Gasteiger partial charge in [-0.2, -0.15) is 0 Å². The number of amides is 2. The van der Waals surface area contributed by atoms with Crippen molar-refractivity contribution in [3.63, 3.8) is 0 Å². The lowest BCUT2D eigenvalue weighted by Crippen LogP contribution is -2.41. The molecule has 0 fully saturated rings. The molecule has 0 spiro atoms. The zero-order valence-electron chi connectivity index (χ0n) is 14.6. The normalized spacial score (nSPS) is 11.5. The molecule has 2 aromatic rings. The minimum atomic E-state index is -1.22. The lowest BCUT2D eigenvalue weighted by molar-refractivity contribution is -0.122. The first-order valence-electron chi connectivity index (χ1n) is 8.24. The van der Waals surface area contributed by atoms with Gasteiger partial charge in [-0.3, -0.25) is 15.1 Å². The van der Waals surface area contributed by atoms with Crippen molar-refractivity contribution in [2.45, 2.75) is 19.1 Å². The predicted octanol–water partition coefficient (Wildman–Crippen LogP) is 2.11. The summed E-state index contributed by atoms with van der Waals surface area (Å²) in [7, 11) is 0.